The van der Waals surface area contributed by atoms with Crippen LogP contribution in [0.3, 0.4) is 0 Å². The average molecular weight is 241 g/mol. The number of ketones is 1. The second-order valence-electron chi connectivity index (χ2n) is 4.86. The first-order valence-corrected chi connectivity index (χ1v) is 6.20. The third kappa shape index (κ3) is 1.55. The Labute approximate surface area is 105 Å². The molecule has 2 N–H and O–H groups in total. The fourth-order valence-electron chi connectivity index (χ4n) is 2.68. The fourth-order valence-corrected chi connectivity index (χ4v) is 2.68. The van der Waals surface area contributed by atoms with Crippen LogP contribution in [0.15, 0.2) is 30.0 Å². The molecule has 0 spiro atoms. The van der Waals surface area contributed by atoms with Crippen molar-refractivity contribution in [2.45, 2.75) is 26.2 Å². The maximum absolute atomic E-state index is 12.3. The monoisotopic (exact) mass is 241 g/mol. The van der Waals surface area contributed by atoms with Gasteiger partial charge in [-0.2, -0.15) is 0 Å². The van der Waals surface area contributed by atoms with Gasteiger partial charge in [0.25, 0.3) is 0 Å². The van der Waals surface area contributed by atoms with E-state index in [-0.39, 0.29) is 5.78 Å². The number of aliphatic hydroxyl groups is 1. The van der Waals surface area contributed by atoms with Crippen LogP contribution >= 0.6 is 0 Å². The Hall–Kier alpha value is -2.03. The van der Waals surface area contributed by atoms with E-state index < -0.39 is 0 Å². The fraction of sp³-hybridized carbons (Fsp3) is 0.267. The highest BCUT2D eigenvalue weighted by Gasteiger charge is 2.23. The summed E-state index contributed by atoms with van der Waals surface area (Å²) >= 11 is 0. The van der Waals surface area contributed by atoms with Crippen molar-refractivity contribution in [3.63, 3.8) is 0 Å². The standard InChI is InChI=1S/C15H15NO2/c1-9-5-6-11-12-4-2-3-10(8-17)15(18)14(12)16-13(11)7-9/h5-8,16-17H,2-4H2,1H3/b10-8+. The van der Waals surface area contributed by atoms with Gasteiger partial charge in [0.2, 0.25) is 5.78 Å². The summed E-state index contributed by atoms with van der Waals surface area (Å²) in [5.41, 5.74) is 4.41. The smallest absolute Gasteiger partial charge is 0.208 e. The minimum atomic E-state index is -0.0705. The molecule has 0 aliphatic heterocycles. The van der Waals surface area contributed by atoms with Crippen LogP contribution in [0.25, 0.3) is 10.9 Å². The zero-order valence-corrected chi connectivity index (χ0v) is 10.3. The molecule has 1 aromatic carbocycles. The summed E-state index contributed by atoms with van der Waals surface area (Å²) in [5, 5.41) is 10.3. The number of benzene rings is 1. The van der Waals surface area contributed by atoms with Crippen molar-refractivity contribution in [2.24, 2.45) is 0 Å². The van der Waals surface area contributed by atoms with Gasteiger partial charge < -0.3 is 10.1 Å². The lowest BCUT2D eigenvalue weighted by atomic mass is 10.1. The number of aliphatic hydroxyl groups excluding tert-OH is 1. The second-order valence-corrected chi connectivity index (χ2v) is 4.86. The number of hydrogen-bond acceptors (Lipinski definition) is 2. The molecule has 3 heteroatoms. The van der Waals surface area contributed by atoms with Gasteiger partial charge in [0.1, 0.15) is 0 Å². The molecular formula is C15H15NO2. The first kappa shape index (κ1) is 11.1. The molecule has 18 heavy (non-hydrogen) atoms. The minimum Gasteiger partial charge on any atom is -0.515 e. The highest BCUT2D eigenvalue weighted by molar-refractivity contribution is 6.11. The maximum Gasteiger partial charge on any atom is 0.208 e. The molecule has 0 amide bonds. The van der Waals surface area contributed by atoms with Crippen LogP contribution in [-0.4, -0.2) is 15.9 Å². The van der Waals surface area contributed by atoms with Gasteiger partial charge in [0, 0.05) is 16.5 Å². The molecule has 2 aromatic rings. The van der Waals surface area contributed by atoms with Crippen molar-refractivity contribution >= 4 is 16.7 Å². The molecule has 1 aliphatic rings. The van der Waals surface area contributed by atoms with Crippen molar-refractivity contribution in [3.8, 4) is 0 Å². The van der Waals surface area contributed by atoms with Crippen LogP contribution in [0.1, 0.15) is 34.5 Å². The van der Waals surface area contributed by atoms with E-state index in [2.05, 4.69) is 23.2 Å². The van der Waals surface area contributed by atoms with E-state index in [1.807, 2.05) is 6.92 Å². The molecule has 1 aromatic heterocycles. The van der Waals surface area contributed by atoms with E-state index in [0.29, 0.717) is 17.7 Å². The Morgan fingerprint density at radius 2 is 2.17 bits per heavy atom. The Bertz CT molecular complexity index is 664. The Kier molecular flexibility index (Phi) is 2.47. The number of aryl methyl sites for hydroxylation is 2. The van der Waals surface area contributed by atoms with Crippen molar-refractivity contribution in [1.82, 2.24) is 4.98 Å². The zero-order chi connectivity index (χ0) is 12.7. The number of Topliss-reactive ketones (excluding diaryl/α,β-unsaturated/α-hetero) is 1. The lowest BCUT2D eigenvalue weighted by molar-refractivity contribution is 0.102. The second kappa shape index (κ2) is 4.02. The maximum atomic E-state index is 12.3. The summed E-state index contributed by atoms with van der Waals surface area (Å²) in [4.78, 5) is 15.5. The molecule has 0 saturated heterocycles. The quantitative estimate of drug-likeness (QED) is 0.421. The van der Waals surface area contributed by atoms with Crippen LogP contribution in [-0.2, 0) is 6.42 Å². The zero-order valence-electron chi connectivity index (χ0n) is 10.3. The van der Waals surface area contributed by atoms with E-state index in [1.54, 1.807) is 0 Å². The number of hydrogen-bond donors (Lipinski definition) is 2. The number of aromatic amines is 1. The molecule has 1 heterocycles. The third-order valence-corrected chi connectivity index (χ3v) is 3.61. The van der Waals surface area contributed by atoms with Gasteiger partial charge >= 0.3 is 0 Å². The number of rotatable bonds is 0. The Morgan fingerprint density at radius 3 is 2.94 bits per heavy atom. The van der Waals surface area contributed by atoms with Crippen LogP contribution in [0, 0.1) is 6.92 Å². The molecule has 0 unspecified atom stereocenters. The predicted octanol–water partition coefficient (Wildman–Crippen LogP) is 3.44. The normalized spacial score (nSPS) is 18.1. The summed E-state index contributed by atoms with van der Waals surface area (Å²) in [6, 6.07) is 6.19. The van der Waals surface area contributed by atoms with Gasteiger partial charge in [0.05, 0.1) is 12.0 Å². The largest absolute Gasteiger partial charge is 0.515 e. The summed E-state index contributed by atoms with van der Waals surface area (Å²) in [6.07, 6.45) is 3.37. The summed E-state index contributed by atoms with van der Waals surface area (Å²) in [5.74, 6) is -0.0705. The molecule has 3 nitrogen and oxygen atoms in total. The van der Waals surface area contributed by atoms with Crippen LogP contribution in [0.5, 0.6) is 0 Å². The Morgan fingerprint density at radius 1 is 1.33 bits per heavy atom. The first-order valence-electron chi connectivity index (χ1n) is 6.20. The van der Waals surface area contributed by atoms with Crippen LogP contribution in [0.4, 0.5) is 0 Å². The number of aromatic nitrogens is 1. The van der Waals surface area contributed by atoms with Gasteiger partial charge in [-0.3, -0.25) is 4.79 Å². The summed E-state index contributed by atoms with van der Waals surface area (Å²) in [6.45, 7) is 2.03. The van der Waals surface area contributed by atoms with Gasteiger partial charge in [0.15, 0.2) is 0 Å². The number of nitrogens with one attached hydrogen (secondary N) is 1. The number of fused-ring (bicyclic) bond motifs is 3. The third-order valence-electron chi connectivity index (χ3n) is 3.61. The van der Waals surface area contributed by atoms with Gasteiger partial charge in [-0.15, -0.1) is 0 Å². The summed E-state index contributed by atoms with van der Waals surface area (Å²) < 4.78 is 0. The molecule has 92 valence electrons. The highest BCUT2D eigenvalue weighted by atomic mass is 16.2. The molecule has 0 bridgehead atoms. The molecular weight excluding hydrogens is 226 g/mol. The number of allylic oxidation sites excluding steroid dienone is 1. The SMILES string of the molecule is Cc1ccc2c3c([nH]c2c1)C(=O)/C(=C/O)CCC3. The molecule has 0 radical (unpaired) electrons. The minimum absolute atomic E-state index is 0.0705. The molecule has 0 fully saturated rings. The van der Waals surface area contributed by atoms with Crippen molar-refractivity contribution in [3.05, 3.63) is 46.9 Å². The number of carbonyl (C=O) groups excluding carboxylic acids is 1. The average Bonchev–Trinajstić information content (AvgIpc) is 2.64. The Balaban J connectivity index is 2.26. The molecule has 1 aliphatic carbocycles. The van der Waals surface area contributed by atoms with Gasteiger partial charge in [-0.25, -0.2) is 0 Å². The predicted molar refractivity (Wildman–Crippen MR) is 71.0 cm³/mol. The lowest BCUT2D eigenvalue weighted by Gasteiger charge is -1.98. The van der Waals surface area contributed by atoms with E-state index in [4.69, 9.17) is 5.11 Å². The molecule has 0 saturated carbocycles. The van der Waals surface area contributed by atoms with Crippen LogP contribution < -0.4 is 0 Å². The van der Waals surface area contributed by atoms with E-state index in [0.717, 1.165) is 35.6 Å². The van der Waals surface area contributed by atoms with E-state index in [9.17, 15) is 4.79 Å². The number of H-pyrrole nitrogens is 1. The van der Waals surface area contributed by atoms with Crippen molar-refractivity contribution < 1.29 is 9.90 Å². The summed E-state index contributed by atoms with van der Waals surface area (Å²) in [7, 11) is 0. The highest BCUT2D eigenvalue weighted by Crippen LogP contribution is 2.30. The van der Waals surface area contributed by atoms with Gasteiger partial charge in [-0.1, -0.05) is 12.1 Å². The van der Waals surface area contributed by atoms with E-state index in [1.165, 1.54) is 5.56 Å². The lowest BCUT2D eigenvalue weighted by Crippen LogP contribution is -2.03. The topological polar surface area (TPSA) is 53.1 Å². The van der Waals surface area contributed by atoms with Crippen LogP contribution in [0.2, 0.25) is 0 Å². The van der Waals surface area contributed by atoms with Gasteiger partial charge in [-0.05, 0) is 43.4 Å². The molecule has 3 rings (SSSR count). The van der Waals surface area contributed by atoms with E-state index >= 15 is 0 Å². The van der Waals surface area contributed by atoms with Crippen molar-refractivity contribution in [2.75, 3.05) is 0 Å². The molecule has 0 atom stereocenters. The number of carbonyl (C=O) groups is 1. The first-order chi connectivity index (χ1) is 8.70. The van der Waals surface area contributed by atoms with Crippen molar-refractivity contribution in [1.29, 1.82) is 0 Å².